The van der Waals surface area contributed by atoms with Crippen LogP contribution in [-0.2, 0) is 12.7 Å². The number of aryl methyl sites for hydroxylation is 1. The van der Waals surface area contributed by atoms with E-state index in [0.29, 0.717) is 36.9 Å². The molecule has 6 nitrogen and oxygen atoms in total. The molecule has 9 heteroatoms. The first kappa shape index (κ1) is 22.4. The Balaban J connectivity index is 1.58. The molecule has 0 radical (unpaired) electrons. The number of halogens is 3. The van der Waals surface area contributed by atoms with Gasteiger partial charge in [0.15, 0.2) is 11.5 Å². The minimum absolute atomic E-state index is 0.0160. The van der Waals surface area contributed by atoms with Crippen molar-refractivity contribution in [3.8, 4) is 11.5 Å². The molecule has 3 aromatic rings. The SMILES string of the molecule is CCOc1ccc(CN2CCC[C@H](c3noc4nc(C)cc(C(F)(F)F)c34)C2)cc1OC. The molecule has 0 unspecified atom stereocenters. The van der Waals surface area contributed by atoms with Crippen LogP contribution in [0.3, 0.4) is 0 Å². The molecule has 3 heterocycles. The van der Waals surface area contributed by atoms with E-state index in [-0.39, 0.29) is 22.7 Å². The molecule has 1 aliphatic heterocycles. The van der Waals surface area contributed by atoms with Crippen LogP contribution in [-0.4, -0.2) is 41.8 Å². The Morgan fingerprint density at radius 1 is 1.22 bits per heavy atom. The van der Waals surface area contributed by atoms with Crippen molar-refractivity contribution >= 4 is 11.1 Å². The van der Waals surface area contributed by atoms with E-state index in [1.165, 1.54) is 6.92 Å². The van der Waals surface area contributed by atoms with Crippen LogP contribution in [0.25, 0.3) is 11.1 Å². The average Bonchev–Trinajstić information content (AvgIpc) is 3.17. The van der Waals surface area contributed by atoms with Crippen LogP contribution < -0.4 is 9.47 Å². The van der Waals surface area contributed by atoms with Crippen molar-refractivity contribution in [2.45, 2.75) is 45.3 Å². The van der Waals surface area contributed by atoms with Gasteiger partial charge in [-0.1, -0.05) is 11.2 Å². The number of rotatable bonds is 6. The number of hydrogen-bond donors (Lipinski definition) is 0. The lowest BCUT2D eigenvalue weighted by Crippen LogP contribution is -2.34. The minimum Gasteiger partial charge on any atom is -0.493 e. The Hall–Kier alpha value is -2.81. The lowest BCUT2D eigenvalue weighted by Gasteiger charge is -2.32. The lowest BCUT2D eigenvalue weighted by molar-refractivity contribution is -0.136. The van der Waals surface area contributed by atoms with Gasteiger partial charge in [-0.3, -0.25) is 4.90 Å². The number of methoxy groups -OCH3 is 1. The van der Waals surface area contributed by atoms with Gasteiger partial charge in [-0.25, -0.2) is 4.98 Å². The maximum Gasteiger partial charge on any atom is 0.417 e. The van der Waals surface area contributed by atoms with Gasteiger partial charge in [0.05, 0.1) is 30.4 Å². The first-order chi connectivity index (χ1) is 15.3. The van der Waals surface area contributed by atoms with Gasteiger partial charge in [0.2, 0.25) is 0 Å². The number of aromatic nitrogens is 2. The Morgan fingerprint density at radius 3 is 2.75 bits per heavy atom. The third-order valence-electron chi connectivity index (χ3n) is 5.73. The molecule has 0 spiro atoms. The van der Waals surface area contributed by atoms with Crippen LogP contribution in [0.2, 0.25) is 0 Å². The number of alkyl halides is 3. The molecule has 172 valence electrons. The van der Waals surface area contributed by atoms with E-state index in [2.05, 4.69) is 15.0 Å². The summed E-state index contributed by atoms with van der Waals surface area (Å²) in [6.07, 6.45) is -2.90. The number of fused-ring (bicyclic) bond motifs is 1. The van der Waals surface area contributed by atoms with Gasteiger partial charge in [0, 0.05) is 24.7 Å². The standard InChI is InChI=1S/C23H26F3N3O3/c1-4-31-18-8-7-15(11-19(18)30-3)12-29-9-5-6-16(13-29)21-20-17(23(24,25)26)10-14(2)27-22(20)32-28-21/h7-8,10-11,16H,4-6,9,12-13H2,1-3H3/t16-/m0/s1. The van der Waals surface area contributed by atoms with Crippen LogP contribution in [0.15, 0.2) is 28.8 Å². The molecule has 1 saturated heterocycles. The van der Waals surface area contributed by atoms with Crippen molar-refractivity contribution in [1.29, 1.82) is 0 Å². The highest BCUT2D eigenvalue weighted by molar-refractivity contribution is 5.81. The summed E-state index contributed by atoms with van der Waals surface area (Å²) < 4.78 is 57.4. The minimum atomic E-state index is -4.50. The topological polar surface area (TPSA) is 60.6 Å². The maximum atomic E-state index is 13.7. The number of benzene rings is 1. The number of piperidine rings is 1. The molecule has 0 bridgehead atoms. The zero-order chi connectivity index (χ0) is 22.9. The summed E-state index contributed by atoms with van der Waals surface area (Å²) in [7, 11) is 1.60. The Morgan fingerprint density at radius 2 is 2.03 bits per heavy atom. The molecule has 0 aliphatic carbocycles. The summed E-state index contributed by atoms with van der Waals surface area (Å²) >= 11 is 0. The lowest BCUT2D eigenvalue weighted by atomic mass is 9.91. The summed E-state index contributed by atoms with van der Waals surface area (Å²) in [6, 6.07) is 6.87. The largest absolute Gasteiger partial charge is 0.493 e. The molecule has 0 saturated carbocycles. The second-order valence-corrected chi connectivity index (χ2v) is 8.05. The van der Waals surface area contributed by atoms with Crippen molar-refractivity contribution in [2.24, 2.45) is 0 Å². The molecule has 1 aromatic carbocycles. The van der Waals surface area contributed by atoms with Crippen molar-refractivity contribution in [3.63, 3.8) is 0 Å². The molecule has 0 amide bonds. The first-order valence-corrected chi connectivity index (χ1v) is 10.7. The van der Waals surface area contributed by atoms with E-state index in [0.717, 1.165) is 31.0 Å². The van der Waals surface area contributed by atoms with E-state index in [9.17, 15) is 13.2 Å². The Bertz CT molecular complexity index is 1100. The molecular weight excluding hydrogens is 423 g/mol. The van der Waals surface area contributed by atoms with Crippen LogP contribution in [0.5, 0.6) is 11.5 Å². The monoisotopic (exact) mass is 449 g/mol. The van der Waals surface area contributed by atoms with Gasteiger partial charge in [-0.2, -0.15) is 13.2 Å². The molecule has 1 atom stereocenters. The Kier molecular flexibility index (Phi) is 6.28. The van der Waals surface area contributed by atoms with Gasteiger partial charge >= 0.3 is 6.18 Å². The summed E-state index contributed by atoms with van der Waals surface area (Å²) in [4.78, 5) is 6.35. The zero-order valence-corrected chi connectivity index (χ0v) is 18.3. The van der Waals surface area contributed by atoms with Gasteiger partial charge in [-0.15, -0.1) is 0 Å². The summed E-state index contributed by atoms with van der Waals surface area (Å²) in [5, 5.41) is 4.02. The Labute approximate surface area is 184 Å². The predicted molar refractivity (Wildman–Crippen MR) is 113 cm³/mol. The highest BCUT2D eigenvalue weighted by atomic mass is 19.4. The number of nitrogens with zero attached hydrogens (tertiary/aromatic N) is 3. The predicted octanol–water partition coefficient (Wildman–Crippen LogP) is 5.34. The molecular formula is C23H26F3N3O3. The van der Waals surface area contributed by atoms with Crippen molar-refractivity contribution in [1.82, 2.24) is 15.0 Å². The van der Waals surface area contributed by atoms with Crippen molar-refractivity contribution < 1.29 is 27.2 Å². The summed E-state index contributed by atoms with van der Waals surface area (Å²) in [5.74, 6) is 1.18. The van der Waals surface area contributed by atoms with Gasteiger partial charge in [-0.05, 0) is 57.0 Å². The van der Waals surface area contributed by atoms with E-state index in [1.807, 2.05) is 25.1 Å². The summed E-state index contributed by atoms with van der Waals surface area (Å²) in [5.41, 5.74) is 0.852. The molecule has 2 aromatic heterocycles. The maximum absolute atomic E-state index is 13.7. The molecule has 1 fully saturated rings. The number of hydrogen-bond acceptors (Lipinski definition) is 6. The number of pyridine rings is 1. The second kappa shape index (κ2) is 8.97. The van der Waals surface area contributed by atoms with E-state index >= 15 is 0 Å². The quantitative estimate of drug-likeness (QED) is 0.507. The third-order valence-corrected chi connectivity index (χ3v) is 5.73. The van der Waals surface area contributed by atoms with E-state index in [1.54, 1.807) is 7.11 Å². The van der Waals surface area contributed by atoms with E-state index < -0.39 is 11.7 Å². The highest BCUT2D eigenvalue weighted by Gasteiger charge is 2.37. The third kappa shape index (κ3) is 4.53. The zero-order valence-electron chi connectivity index (χ0n) is 18.3. The smallest absolute Gasteiger partial charge is 0.417 e. The molecule has 1 aliphatic rings. The second-order valence-electron chi connectivity index (χ2n) is 8.05. The molecule has 32 heavy (non-hydrogen) atoms. The fraction of sp³-hybridized carbons (Fsp3) is 0.478. The van der Waals surface area contributed by atoms with Crippen molar-refractivity contribution in [3.05, 3.63) is 46.8 Å². The summed E-state index contributed by atoms with van der Waals surface area (Å²) in [6.45, 7) is 6.07. The number of ether oxygens (including phenoxy) is 2. The van der Waals surface area contributed by atoms with Gasteiger partial charge in [0.1, 0.15) is 0 Å². The average molecular weight is 449 g/mol. The molecule has 0 N–H and O–H groups in total. The first-order valence-electron chi connectivity index (χ1n) is 10.7. The fourth-order valence-electron chi connectivity index (χ4n) is 4.36. The number of likely N-dealkylation sites (tertiary alicyclic amines) is 1. The normalized spacial score (nSPS) is 17.6. The van der Waals surface area contributed by atoms with Gasteiger partial charge in [0.25, 0.3) is 5.71 Å². The van der Waals surface area contributed by atoms with Gasteiger partial charge < -0.3 is 14.0 Å². The fourth-order valence-corrected chi connectivity index (χ4v) is 4.36. The van der Waals surface area contributed by atoms with Crippen molar-refractivity contribution in [2.75, 3.05) is 26.8 Å². The highest BCUT2D eigenvalue weighted by Crippen LogP contribution is 2.40. The van der Waals surface area contributed by atoms with Crippen LogP contribution >= 0.6 is 0 Å². The van der Waals surface area contributed by atoms with Crippen LogP contribution in [0.1, 0.15) is 48.2 Å². The molecule has 4 rings (SSSR count). The van der Waals surface area contributed by atoms with Crippen LogP contribution in [0, 0.1) is 6.92 Å². The van der Waals surface area contributed by atoms with E-state index in [4.69, 9.17) is 14.0 Å². The van der Waals surface area contributed by atoms with Crippen LogP contribution in [0.4, 0.5) is 13.2 Å².